The minimum absolute atomic E-state index is 0.0102. The SMILES string of the molecule is Cc1oc2ncnc(NC3(C)CC3)c2c1C(=O)NCc1nc2cc(F)ccc2[nH]1. The zero-order valence-electron chi connectivity index (χ0n) is 16.0. The van der Waals surface area contributed by atoms with E-state index < -0.39 is 0 Å². The van der Waals surface area contributed by atoms with Crippen LogP contribution in [0.4, 0.5) is 10.2 Å². The Morgan fingerprint density at radius 1 is 1.34 bits per heavy atom. The second-order valence-corrected chi connectivity index (χ2v) is 7.65. The van der Waals surface area contributed by atoms with Crippen molar-refractivity contribution in [3.63, 3.8) is 0 Å². The van der Waals surface area contributed by atoms with Crippen LogP contribution in [0, 0.1) is 12.7 Å². The Kier molecular flexibility index (Phi) is 3.80. The normalized spacial score (nSPS) is 15.0. The molecule has 3 heterocycles. The van der Waals surface area contributed by atoms with Gasteiger partial charge >= 0.3 is 0 Å². The molecule has 0 spiro atoms. The number of hydrogen-bond donors (Lipinski definition) is 3. The third-order valence-corrected chi connectivity index (χ3v) is 5.22. The van der Waals surface area contributed by atoms with E-state index >= 15 is 0 Å². The van der Waals surface area contributed by atoms with Crippen molar-refractivity contribution < 1.29 is 13.6 Å². The molecule has 1 aliphatic carbocycles. The van der Waals surface area contributed by atoms with E-state index in [1.54, 1.807) is 13.0 Å². The largest absolute Gasteiger partial charge is 0.442 e. The van der Waals surface area contributed by atoms with E-state index in [1.165, 1.54) is 18.5 Å². The second kappa shape index (κ2) is 6.26. The number of aromatic amines is 1. The number of nitrogens with one attached hydrogen (secondary N) is 3. The molecule has 8 nitrogen and oxygen atoms in total. The summed E-state index contributed by atoms with van der Waals surface area (Å²) in [6.45, 7) is 4.00. The molecule has 3 N–H and O–H groups in total. The lowest BCUT2D eigenvalue weighted by atomic mass is 10.1. The predicted octanol–water partition coefficient (Wildman–Crippen LogP) is 3.44. The Bertz CT molecular complexity index is 1260. The summed E-state index contributed by atoms with van der Waals surface area (Å²) in [5, 5.41) is 6.81. The van der Waals surface area contributed by atoms with Gasteiger partial charge in [0.05, 0.1) is 28.5 Å². The molecule has 1 amide bonds. The summed E-state index contributed by atoms with van der Waals surface area (Å²) in [5.41, 5.74) is 1.97. The summed E-state index contributed by atoms with van der Waals surface area (Å²) in [6.07, 6.45) is 3.52. The van der Waals surface area contributed by atoms with Gasteiger partial charge in [0.2, 0.25) is 5.71 Å². The molecule has 1 aromatic carbocycles. The number of amides is 1. The topological polar surface area (TPSA) is 109 Å². The Balaban J connectivity index is 1.43. The van der Waals surface area contributed by atoms with Crippen molar-refractivity contribution in [1.29, 1.82) is 0 Å². The number of carbonyl (C=O) groups excluding carboxylic acids is 1. The summed E-state index contributed by atoms with van der Waals surface area (Å²) in [4.78, 5) is 28.8. The maximum absolute atomic E-state index is 13.3. The van der Waals surface area contributed by atoms with Crippen molar-refractivity contribution in [3.05, 3.63) is 47.5 Å². The minimum Gasteiger partial charge on any atom is -0.442 e. The molecule has 0 aliphatic heterocycles. The van der Waals surface area contributed by atoms with Crippen LogP contribution in [-0.2, 0) is 6.54 Å². The van der Waals surface area contributed by atoms with Gasteiger partial charge in [-0.2, -0.15) is 0 Å². The van der Waals surface area contributed by atoms with E-state index in [4.69, 9.17) is 4.42 Å². The van der Waals surface area contributed by atoms with Crippen LogP contribution < -0.4 is 10.6 Å². The number of H-pyrrole nitrogens is 1. The molecule has 5 rings (SSSR count). The van der Waals surface area contributed by atoms with Crippen LogP contribution in [0.1, 0.15) is 41.7 Å². The van der Waals surface area contributed by atoms with Crippen molar-refractivity contribution in [2.75, 3.05) is 5.32 Å². The molecule has 0 atom stereocenters. The van der Waals surface area contributed by atoms with Gasteiger partial charge in [-0.05, 0) is 38.8 Å². The number of fused-ring (bicyclic) bond motifs is 2. The number of anilines is 1. The highest BCUT2D eigenvalue weighted by molar-refractivity contribution is 6.10. The van der Waals surface area contributed by atoms with Gasteiger partial charge in [-0.25, -0.2) is 19.3 Å². The van der Waals surface area contributed by atoms with E-state index in [0.717, 1.165) is 12.8 Å². The number of rotatable bonds is 5. The number of aryl methyl sites for hydroxylation is 1. The van der Waals surface area contributed by atoms with Gasteiger partial charge in [0.1, 0.15) is 29.5 Å². The maximum atomic E-state index is 13.3. The van der Waals surface area contributed by atoms with Crippen molar-refractivity contribution >= 4 is 33.9 Å². The van der Waals surface area contributed by atoms with Gasteiger partial charge in [0.25, 0.3) is 5.91 Å². The van der Waals surface area contributed by atoms with E-state index in [9.17, 15) is 9.18 Å². The fraction of sp³-hybridized carbons (Fsp3) is 0.300. The first-order valence-corrected chi connectivity index (χ1v) is 9.36. The smallest absolute Gasteiger partial charge is 0.256 e. The van der Waals surface area contributed by atoms with E-state index in [2.05, 4.69) is 37.5 Å². The number of carbonyl (C=O) groups is 1. The number of hydrogen-bond acceptors (Lipinski definition) is 6. The zero-order valence-corrected chi connectivity index (χ0v) is 16.0. The quantitative estimate of drug-likeness (QED) is 0.478. The van der Waals surface area contributed by atoms with Crippen LogP contribution in [0.5, 0.6) is 0 Å². The Hall–Kier alpha value is -3.49. The highest BCUT2D eigenvalue weighted by Gasteiger charge is 2.38. The number of furan rings is 1. The van der Waals surface area contributed by atoms with Gasteiger partial charge in [0.15, 0.2) is 0 Å². The van der Waals surface area contributed by atoms with Gasteiger partial charge < -0.3 is 20.0 Å². The Labute approximate surface area is 164 Å². The van der Waals surface area contributed by atoms with E-state index in [-0.39, 0.29) is 23.8 Å². The monoisotopic (exact) mass is 394 g/mol. The fourth-order valence-corrected chi connectivity index (χ4v) is 3.38. The average molecular weight is 394 g/mol. The lowest BCUT2D eigenvalue weighted by molar-refractivity contribution is 0.0950. The fourth-order valence-electron chi connectivity index (χ4n) is 3.38. The summed E-state index contributed by atoms with van der Waals surface area (Å²) >= 11 is 0. The molecular weight excluding hydrogens is 375 g/mol. The third-order valence-electron chi connectivity index (χ3n) is 5.22. The molecular formula is C20H19FN6O2. The number of nitrogens with zero attached hydrogens (tertiary/aromatic N) is 3. The Morgan fingerprint density at radius 2 is 2.17 bits per heavy atom. The van der Waals surface area contributed by atoms with Crippen molar-refractivity contribution in [1.82, 2.24) is 25.3 Å². The summed E-state index contributed by atoms with van der Waals surface area (Å²) in [5.74, 6) is 0.922. The molecule has 1 fully saturated rings. The number of halogens is 1. The first-order chi connectivity index (χ1) is 13.9. The molecule has 9 heteroatoms. The molecule has 4 aromatic rings. The van der Waals surface area contributed by atoms with Crippen molar-refractivity contribution in [3.8, 4) is 0 Å². The van der Waals surface area contributed by atoms with Gasteiger partial charge in [0, 0.05) is 11.6 Å². The van der Waals surface area contributed by atoms with Crippen LogP contribution in [0.25, 0.3) is 22.1 Å². The number of benzene rings is 1. The zero-order chi connectivity index (χ0) is 20.2. The van der Waals surface area contributed by atoms with Crippen LogP contribution in [0.15, 0.2) is 28.9 Å². The predicted molar refractivity (Wildman–Crippen MR) is 105 cm³/mol. The van der Waals surface area contributed by atoms with E-state index in [1.807, 2.05) is 0 Å². The van der Waals surface area contributed by atoms with Crippen LogP contribution >= 0.6 is 0 Å². The molecule has 0 bridgehead atoms. The van der Waals surface area contributed by atoms with E-state index in [0.29, 0.717) is 45.1 Å². The molecule has 0 saturated heterocycles. The average Bonchev–Trinajstić information content (AvgIpc) is 3.11. The highest BCUT2D eigenvalue weighted by Crippen LogP contribution is 2.40. The van der Waals surface area contributed by atoms with Crippen LogP contribution in [0.2, 0.25) is 0 Å². The molecule has 3 aromatic heterocycles. The number of aromatic nitrogens is 4. The second-order valence-electron chi connectivity index (χ2n) is 7.65. The summed E-state index contributed by atoms with van der Waals surface area (Å²) in [6, 6.07) is 4.32. The lowest BCUT2D eigenvalue weighted by Crippen LogP contribution is -2.24. The van der Waals surface area contributed by atoms with Crippen molar-refractivity contribution in [2.45, 2.75) is 38.8 Å². The Morgan fingerprint density at radius 3 is 2.97 bits per heavy atom. The van der Waals surface area contributed by atoms with Gasteiger partial charge in [-0.15, -0.1) is 0 Å². The molecule has 1 saturated carbocycles. The third kappa shape index (κ3) is 3.18. The summed E-state index contributed by atoms with van der Waals surface area (Å²) < 4.78 is 19.0. The molecule has 29 heavy (non-hydrogen) atoms. The lowest BCUT2D eigenvalue weighted by Gasteiger charge is -2.13. The molecule has 0 radical (unpaired) electrons. The highest BCUT2D eigenvalue weighted by atomic mass is 19.1. The first-order valence-electron chi connectivity index (χ1n) is 9.36. The molecule has 148 valence electrons. The van der Waals surface area contributed by atoms with Gasteiger partial charge in [-0.3, -0.25) is 4.79 Å². The standard InChI is InChI=1S/C20H19FN6O2/c1-10-15(16-17(27-20(2)5-6-20)23-9-24-19(16)29-10)18(28)22-8-14-25-12-4-3-11(21)7-13(12)26-14/h3-4,7,9H,5-6,8H2,1-2H3,(H,22,28)(H,25,26)(H,23,24,27). The minimum atomic E-state index is -0.357. The number of imidazole rings is 1. The molecule has 0 unspecified atom stereocenters. The van der Waals surface area contributed by atoms with Crippen LogP contribution in [0.3, 0.4) is 0 Å². The first kappa shape index (κ1) is 17.6. The molecule has 1 aliphatic rings. The summed E-state index contributed by atoms with van der Waals surface area (Å²) in [7, 11) is 0. The van der Waals surface area contributed by atoms with Crippen LogP contribution in [-0.4, -0.2) is 31.4 Å². The maximum Gasteiger partial charge on any atom is 0.256 e. The van der Waals surface area contributed by atoms with Gasteiger partial charge in [-0.1, -0.05) is 0 Å². The van der Waals surface area contributed by atoms with Crippen molar-refractivity contribution in [2.24, 2.45) is 0 Å².